The molecule has 5 heteroatoms. The van der Waals surface area contributed by atoms with Gasteiger partial charge in [0, 0.05) is 25.0 Å². The van der Waals surface area contributed by atoms with E-state index < -0.39 is 11.6 Å². The molecule has 0 saturated heterocycles. The Morgan fingerprint density at radius 3 is 2.22 bits per heavy atom. The second-order valence-corrected chi connectivity index (χ2v) is 4.88. The van der Waals surface area contributed by atoms with Gasteiger partial charge in [-0.05, 0) is 31.5 Å². The van der Waals surface area contributed by atoms with Crippen molar-refractivity contribution in [2.75, 3.05) is 25.2 Å². The Morgan fingerprint density at radius 1 is 1.28 bits per heavy atom. The number of rotatable bonds is 6. The molecule has 1 rings (SSSR count). The van der Waals surface area contributed by atoms with Crippen LogP contribution in [0.1, 0.15) is 19.4 Å². The third-order valence-electron chi connectivity index (χ3n) is 2.68. The van der Waals surface area contributed by atoms with Crippen molar-refractivity contribution < 1.29 is 13.5 Å². The van der Waals surface area contributed by atoms with E-state index in [9.17, 15) is 8.78 Å². The molecule has 0 spiro atoms. The highest BCUT2D eigenvalue weighted by atomic mass is 79.9. The lowest BCUT2D eigenvalue weighted by atomic mass is 10.1. The SMILES string of the molecule is COCCN(c1c(F)cc(CBr)cc1F)C(C)C. The first-order valence-corrected chi connectivity index (χ1v) is 6.92. The van der Waals surface area contributed by atoms with Crippen LogP contribution in [0.3, 0.4) is 0 Å². The molecule has 0 aromatic heterocycles. The molecular formula is C13H18BrF2NO. The molecule has 0 atom stereocenters. The summed E-state index contributed by atoms with van der Waals surface area (Å²) in [5.41, 5.74) is 0.607. The Kier molecular flexibility index (Phi) is 6.02. The number of ether oxygens (including phenoxy) is 1. The molecule has 0 radical (unpaired) electrons. The van der Waals surface area contributed by atoms with Crippen molar-refractivity contribution in [3.8, 4) is 0 Å². The van der Waals surface area contributed by atoms with Gasteiger partial charge >= 0.3 is 0 Å². The van der Waals surface area contributed by atoms with Gasteiger partial charge in [-0.3, -0.25) is 0 Å². The minimum Gasteiger partial charge on any atom is -0.383 e. The van der Waals surface area contributed by atoms with E-state index in [2.05, 4.69) is 15.9 Å². The summed E-state index contributed by atoms with van der Waals surface area (Å²) in [5.74, 6) is -1.07. The number of anilines is 1. The highest BCUT2D eigenvalue weighted by Crippen LogP contribution is 2.27. The number of benzene rings is 1. The van der Waals surface area contributed by atoms with Gasteiger partial charge in [-0.25, -0.2) is 8.78 Å². The van der Waals surface area contributed by atoms with E-state index in [0.717, 1.165) is 0 Å². The van der Waals surface area contributed by atoms with Crippen LogP contribution >= 0.6 is 15.9 Å². The van der Waals surface area contributed by atoms with Crippen molar-refractivity contribution in [2.24, 2.45) is 0 Å². The summed E-state index contributed by atoms with van der Waals surface area (Å²) >= 11 is 3.19. The van der Waals surface area contributed by atoms with E-state index in [-0.39, 0.29) is 11.7 Å². The molecule has 0 aliphatic heterocycles. The molecule has 0 N–H and O–H groups in total. The summed E-state index contributed by atoms with van der Waals surface area (Å²) in [6, 6.07) is 2.71. The second kappa shape index (κ2) is 7.04. The Hall–Kier alpha value is -0.680. The fraction of sp³-hybridized carbons (Fsp3) is 0.538. The Balaban J connectivity index is 3.11. The van der Waals surface area contributed by atoms with Crippen LogP contribution in [0.4, 0.5) is 14.5 Å². The topological polar surface area (TPSA) is 12.5 Å². The van der Waals surface area contributed by atoms with Crippen molar-refractivity contribution in [3.05, 3.63) is 29.3 Å². The molecule has 0 unspecified atom stereocenters. The lowest BCUT2D eigenvalue weighted by Gasteiger charge is -2.29. The van der Waals surface area contributed by atoms with E-state index in [1.165, 1.54) is 12.1 Å². The van der Waals surface area contributed by atoms with Crippen LogP contribution in [0.5, 0.6) is 0 Å². The number of alkyl halides is 1. The molecule has 1 aromatic rings. The molecule has 0 bridgehead atoms. The van der Waals surface area contributed by atoms with Crippen molar-refractivity contribution in [1.29, 1.82) is 0 Å². The van der Waals surface area contributed by atoms with Gasteiger partial charge in [-0.15, -0.1) is 0 Å². The van der Waals surface area contributed by atoms with Crippen LogP contribution in [-0.4, -0.2) is 26.3 Å². The average molecular weight is 322 g/mol. The molecule has 0 heterocycles. The number of hydrogen-bond donors (Lipinski definition) is 0. The van der Waals surface area contributed by atoms with Crippen LogP contribution < -0.4 is 4.90 Å². The summed E-state index contributed by atoms with van der Waals surface area (Å²) in [5, 5.41) is 0.431. The van der Waals surface area contributed by atoms with Crippen LogP contribution in [0.25, 0.3) is 0 Å². The predicted octanol–water partition coefficient (Wildman–Crippen LogP) is 3.72. The first kappa shape index (κ1) is 15.4. The highest BCUT2D eigenvalue weighted by Gasteiger charge is 2.20. The number of hydrogen-bond acceptors (Lipinski definition) is 2. The van der Waals surface area contributed by atoms with E-state index in [1.54, 1.807) is 12.0 Å². The molecule has 18 heavy (non-hydrogen) atoms. The van der Waals surface area contributed by atoms with Crippen molar-refractivity contribution >= 4 is 21.6 Å². The van der Waals surface area contributed by atoms with E-state index in [1.807, 2.05) is 13.8 Å². The maximum Gasteiger partial charge on any atom is 0.149 e. The van der Waals surface area contributed by atoms with Gasteiger partial charge in [0.1, 0.15) is 17.3 Å². The molecular weight excluding hydrogens is 304 g/mol. The molecule has 0 aliphatic rings. The van der Waals surface area contributed by atoms with Gasteiger partial charge in [-0.2, -0.15) is 0 Å². The first-order chi connectivity index (χ1) is 8.51. The van der Waals surface area contributed by atoms with Crippen LogP contribution in [-0.2, 0) is 10.1 Å². The minimum absolute atomic E-state index is 0.000953. The largest absolute Gasteiger partial charge is 0.383 e. The van der Waals surface area contributed by atoms with Crippen molar-refractivity contribution in [1.82, 2.24) is 0 Å². The molecule has 0 saturated carbocycles. The Labute approximate surface area is 115 Å². The van der Waals surface area contributed by atoms with E-state index >= 15 is 0 Å². The summed E-state index contributed by atoms with van der Waals surface area (Å²) < 4.78 is 33.0. The zero-order valence-electron chi connectivity index (χ0n) is 10.8. The lowest BCUT2D eigenvalue weighted by Crippen LogP contribution is -2.35. The van der Waals surface area contributed by atoms with Crippen molar-refractivity contribution in [3.63, 3.8) is 0 Å². The third-order valence-corrected chi connectivity index (χ3v) is 3.33. The van der Waals surface area contributed by atoms with E-state index in [0.29, 0.717) is 24.0 Å². The van der Waals surface area contributed by atoms with Gasteiger partial charge < -0.3 is 9.64 Å². The standard InChI is InChI=1S/C13H18BrF2NO/c1-9(2)17(4-5-18-3)13-11(15)6-10(8-14)7-12(13)16/h6-7,9H,4-5,8H2,1-3H3. The lowest BCUT2D eigenvalue weighted by molar-refractivity contribution is 0.203. The van der Waals surface area contributed by atoms with Crippen LogP contribution in [0, 0.1) is 11.6 Å². The maximum atomic E-state index is 14.0. The summed E-state index contributed by atoms with van der Waals surface area (Å²) in [7, 11) is 1.57. The molecule has 102 valence electrons. The first-order valence-electron chi connectivity index (χ1n) is 5.80. The maximum absolute atomic E-state index is 14.0. The normalized spacial score (nSPS) is 11.1. The van der Waals surface area contributed by atoms with Gasteiger partial charge in [0.25, 0.3) is 0 Å². The zero-order valence-corrected chi connectivity index (χ0v) is 12.4. The van der Waals surface area contributed by atoms with Gasteiger partial charge in [0.15, 0.2) is 0 Å². The van der Waals surface area contributed by atoms with Gasteiger partial charge in [-0.1, -0.05) is 15.9 Å². The van der Waals surface area contributed by atoms with Crippen LogP contribution in [0.2, 0.25) is 0 Å². The fourth-order valence-electron chi connectivity index (χ4n) is 1.79. The van der Waals surface area contributed by atoms with Crippen molar-refractivity contribution in [2.45, 2.75) is 25.2 Å². The third kappa shape index (κ3) is 3.65. The second-order valence-electron chi connectivity index (χ2n) is 4.32. The average Bonchev–Trinajstić information content (AvgIpc) is 2.31. The zero-order chi connectivity index (χ0) is 13.7. The Bertz CT molecular complexity index is 376. The van der Waals surface area contributed by atoms with Crippen LogP contribution in [0.15, 0.2) is 12.1 Å². The van der Waals surface area contributed by atoms with Gasteiger partial charge in [0.2, 0.25) is 0 Å². The Morgan fingerprint density at radius 2 is 1.83 bits per heavy atom. The van der Waals surface area contributed by atoms with E-state index in [4.69, 9.17) is 4.74 Å². The molecule has 0 aliphatic carbocycles. The minimum atomic E-state index is -0.533. The monoisotopic (exact) mass is 321 g/mol. The summed E-state index contributed by atoms with van der Waals surface area (Å²) in [6.45, 7) is 4.67. The molecule has 0 fully saturated rings. The number of methoxy groups -OCH3 is 1. The highest BCUT2D eigenvalue weighted by molar-refractivity contribution is 9.08. The molecule has 1 aromatic carbocycles. The smallest absolute Gasteiger partial charge is 0.149 e. The number of nitrogens with zero attached hydrogens (tertiary/aromatic N) is 1. The molecule has 2 nitrogen and oxygen atoms in total. The number of halogens is 3. The summed E-state index contributed by atoms with van der Waals surface area (Å²) in [6.07, 6.45) is 0. The molecule has 0 amide bonds. The quantitative estimate of drug-likeness (QED) is 0.740. The fourth-order valence-corrected chi connectivity index (χ4v) is 2.11. The predicted molar refractivity (Wildman–Crippen MR) is 73.3 cm³/mol. The van der Waals surface area contributed by atoms with Gasteiger partial charge in [0.05, 0.1) is 6.61 Å². The summed E-state index contributed by atoms with van der Waals surface area (Å²) in [4.78, 5) is 1.67.